The summed E-state index contributed by atoms with van der Waals surface area (Å²) >= 11 is 0. The van der Waals surface area contributed by atoms with Crippen LogP contribution < -0.4 is 20.9 Å². The minimum Gasteiger partial charge on any atom is -0.378 e. The highest BCUT2D eigenvalue weighted by Crippen LogP contribution is 2.23. The van der Waals surface area contributed by atoms with Gasteiger partial charge in [-0.25, -0.2) is 18.4 Å². The number of nitrogens with one attached hydrogen (secondary N) is 1. The largest absolute Gasteiger partial charge is 0.378 e. The first kappa shape index (κ1) is 43.9. The number of urea groups is 2. The Morgan fingerprint density at radius 1 is 0.627 bits per heavy atom. The number of hydrogen-bond donors (Lipinski definition) is 2. The van der Waals surface area contributed by atoms with Crippen LogP contribution >= 0.6 is 0 Å². The van der Waals surface area contributed by atoms with E-state index >= 15 is 0 Å². The molecule has 0 radical (unpaired) electrons. The van der Waals surface area contributed by atoms with Crippen molar-refractivity contribution in [2.24, 2.45) is 5.73 Å². The van der Waals surface area contributed by atoms with Gasteiger partial charge in [0.2, 0.25) is 0 Å². The molecule has 3 N–H and O–H groups in total. The predicted octanol–water partition coefficient (Wildman–Crippen LogP) is 5.27. The van der Waals surface area contributed by atoms with Crippen LogP contribution in [-0.2, 0) is 27.4 Å². The normalized spacial score (nSPS) is 13.9. The summed E-state index contributed by atoms with van der Waals surface area (Å²) in [4.78, 5) is 67.1. The second kappa shape index (κ2) is 21.5. The van der Waals surface area contributed by atoms with Gasteiger partial charge in [0.15, 0.2) is 11.6 Å². The van der Waals surface area contributed by atoms with E-state index < -0.39 is 36.3 Å². The number of rotatable bonds is 12. The fraction of sp³-hybridized carbons (Fsp3) is 0.310. The Bertz CT molecular complexity index is 2070. The number of nitrogens with zero attached hydrogens (tertiary/aromatic N) is 4. The van der Waals surface area contributed by atoms with Gasteiger partial charge in [-0.05, 0) is 36.4 Å². The molecule has 4 aromatic carbocycles. The average Bonchev–Trinajstić information content (AvgIpc) is 3.27. The van der Waals surface area contributed by atoms with E-state index in [-0.39, 0.29) is 54.2 Å². The zero-order valence-corrected chi connectivity index (χ0v) is 32.0. The molecule has 59 heavy (non-hydrogen) atoms. The molecule has 0 aromatic heterocycles. The number of carbonyl (C=O) groups is 5. The summed E-state index contributed by atoms with van der Waals surface area (Å²) in [6, 6.07) is 25.3. The summed E-state index contributed by atoms with van der Waals surface area (Å²) in [5, 5.41) is 1.79. The van der Waals surface area contributed by atoms with Crippen molar-refractivity contribution in [1.29, 1.82) is 0 Å². The molecule has 0 atom stereocenters. The molecule has 4 aromatic rings. The van der Waals surface area contributed by atoms with Gasteiger partial charge in [0, 0.05) is 59.8 Å². The summed E-state index contributed by atoms with van der Waals surface area (Å²) in [7, 11) is 0. The molecule has 0 unspecified atom stereocenters. The lowest BCUT2D eigenvalue weighted by Gasteiger charge is -2.33. The highest BCUT2D eigenvalue weighted by molar-refractivity contribution is 6.00. The second-order valence-corrected chi connectivity index (χ2v) is 13.3. The van der Waals surface area contributed by atoms with Crippen molar-refractivity contribution in [2.75, 3.05) is 75.5 Å². The van der Waals surface area contributed by atoms with E-state index in [4.69, 9.17) is 15.2 Å². The van der Waals surface area contributed by atoms with Gasteiger partial charge in [-0.2, -0.15) is 8.78 Å². The molecular formula is C42H44F4N6O7. The van der Waals surface area contributed by atoms with E-state index in [1.165, 1.54) is 40.1 Å². The second-order valence-electron chi connectivity index (χ2n) is 13.3. The molecule has 2 heterocycles. The Kier molecular flexibility index (Phi) is 16.0. The average molecular weight is 821 g/mol. The standard InChI is InChI=1S/C22H22F3N3O4.C20H22FN3O3/c23-18-12-15(19(29)13-26-21(30)20(24)25)6-7-16(18)14-28(17-4-2-1-3-5-17)22(31)27-8-10-32-11-9-27;21-18-12-15(19(25)13-22)6-7-16(18)14-24(17-4-2-1-3-5-17)20(26)23-8-10-27-11-9-23/h1-7,12,20H,8-11,13-14H2,(H,26,30);1-7,12H,8-11,13-14,22H2. The number of nitrogens with two attached hydrogens (primary N) is 1. The fourth-order valence-electron chi connectivity index (χ4n) is 6.11. The lowest BCUT2D eigenvalue weighted by atomic mass is 10.1. The number of benzene rings is 4. The number of halogens is 4. The van der Waals surface area contributed by atoms with Crippen molar-refractivity contribution in [2.45, 2.75) is 19.5 Å². The van der Waals surface area contributed by atoms with Crippen LogP contribution in [0.1, 0.15) is 31.8 Å². The lowest BCUT2D eigenvalue weighted by molar-refractivity contribution is -0.131. The molecule has 0 spiro atoms. The topological polar surface area (TPSA) is 155 Å². The van der Waals surface area contributed by atoms with Gasteiger partial charge >= 0.3 is 18.5 Å². The number of para-hydroxylation sites is 2. The number of ketones is 2. The first-order valence-electron chi connectivity index (χ1n) is 18.7. The van der Waals surface area contributed by atoms with Crippen LogP contribution in [0.4, 0.5) is 38.5 Å². The highest BCUT2D eigenvalue weighted by atomic mass is 19.3. The molecule has 2 aliphatic rings. The third kappa shape index (κ3) is 12.2. The third-order valence-electron chi connectivity index (χ3n) is 9.37. The number of alkyl halides is 2. The molecule has 2 aliphatic heterocycles. The molecule has 2 saturated heterocycles. The molecule has 5 amide bonds. The van der Waals surface area contributed by atoms with Crippen LogP contribution in [0.15, 0.2) is 97.1 Å². The first-order valence-corrected chi connectivity index (χ1v) is 18.7. The lowest BCUT2D eigenvalue weighted by Crippen LogP contribution is -2.48. The molecule has 0 bridgehead atoms. The number of morpholine rings is 2. The molecule has 17 heteroatoms. The maximum Gasteiger partial charge on any atom is 0.324 e. The van der Waals surface area contributed by atoms with Gasteiger partial charge in [0.1, 0.15) is 11.6 Å². The maximum atomic E-state index is 14.8. The minimum atomic E-state index is -3.24. The van der Waals surface area contributed by atoms with Crippen molar-refractivity contribution in [3.63, 3.8) is 0 Å². The first-order chi connectivity index (χ1) is 28.5. The zero-order valence-electron chi connectivity index (χ0n) is 32.0. The quantitative estimate of drug-likeness (QED) is 0.145. The van der Waals surface area contributed by atoms with Crippen LogP contribution in [-0.4, -0.2) is 111 Å². The molecule has 13 nitrogen and oxygen atoms in total. The Labute approximate surface area is 338 Å². The van der Waals surface area contributed by atoms with Gasteiger partial charge in [0.25, 0.3) is 5.91 Å². The Morgan fingerprint density at radius 2 is 1.03 bits per heavy atom. The SMILES string of the molecule is NCC(=O)c1ccc(CN(C(=O)N2CCOCC2)c2ccccc2)c(F)c1.O=C(CNC(=O)C(F)F)c1ccc(CN(C(=O)N2CCOCC2)c2ccccc2)c(F)c1. The van der Waals surface area contributed by atoms with Gasteiger partial charge in [-0.3, -0.25) is 24.2 Å². The maximum absolute atomic E-state index is 14.8. The molecule has 2 fully saturated rings. The van der Waals surface area contributed by atoms with Gasteiger partial charge in [-0.1, -0.05) is 60.7 Å². The monoisotopic (exact) mass is 820 g/mol. The van der Waals surface area contributed by atoms with Gasteiger partial charge in [0.05, 0.1) is 52.6 Å². The molecule has 0 aliphatic carbocycles. The van der Waals surface area contributed by atoms with Crippen molar-refractivity contribution in [3.05, 3.63) is 131 Å². The fourth-order valence-corrected chi connectivity index (χ4v) is 6.11. The van der Waals surface area contributed by atoms with E-state index in [1.807, 2.05) is 30.3 Å². The van der Waals surface area contributed by atoms with Crippen LogP contribution in [0.5, 0.6) is 0 Å². The zero-order chi connectivity index (χ0) is 42.3. The minimum absolute atomic E-state index is 0.0587. The third-order valence-corrected chi connectivity index (χ3v) is 9.37. The smallest absolute Gasteiger partial charge is 0.324 e. The predicted molar refractivity (Wildman–Crippen MR) is 210 cm³/mol. The molecular weight excluding hydrogens is 776 g/mol. The summed E-state index contributed by atoms with van der Waals surface area (Å²) in [6.07, 6.45) is -3.24. The van der Waals surface area contributed by atoms with Crippen molar-refractivity contribution in [1.82, 2.24) is 15.1 Å². The van der Waals surface area contributed by atoms with Crippen molar-refractivity contribution < 1.29 is 51.0 Å². The Hall–Kier alpha value is -6.17. The molecule has 6 rings (SSSR count). The number of Topliss-reactive ketones (excluding diaryl/α,β-unsaturated/α-hetero) is 2. The number of anilines is 2. The highest BCUT2D eigenvalue weighted by Gasteiger charge is 2.27. The van der Waals surface area contributed by atoms with Crippen LogP contribution in [0.25, 0.3) is 0 Å². The number of amides is 5. The van der Waals surface area contributed by atoms with Gasteiger partial charge < -0.3 is 30.3 Å². The summed E-state index contributed by atoms with van der Waals surface area (Å²) < 4.78 is 64.4. The molecule has 0 saturated carbocycles. The summed E-state index contributed by atoms with van der Waals surface area (Å²) in [6.45, 7) is 2.76. The van der Waals surface area contributed by atoms with E-state index in [1.54, 1.807) is 45.4 Å². The number of ether oxygens (including phenoxy) is 2. The van der Waals surface area contributed by atoms with E-state index in [2.05, 4.69) is 0 Å². The van der Waals surface area contributed by atoms with E-state index in [0.29, 0.717) is 69.5 Å². The van der Waals surface area contributed by atoms with E-state index in [9.17, 15) is 41.5 Å². The summed E-state index contributed by atoms with van der Waals surface area (Å²) in [5.41, 5.74) is 7.24. The number of carbonyl (C=O) groups excluding carboxylic acids is 5. The summed E-state index contributed by atoms with van der Waals surface area (Å²) in [5.74, 6) is -3.88. The van der Waals surface area contributed by atoms with Crippen LogP contribution in [0, 0.1) is 11.6 Å². The Morgan fingerprint density at radius 3 is 1.41 bits per heavy atom. The Balaban J connectivity index is 0.000000227. The van der Waals surface area contributed by atoms with Crippen LogP contribution in [0.2, 0.25) is 0 Å². The van der Waals surface area contributed by atoms with Crippen molar-refractivity contribution >= 4 is 40.9 Å². The molecule has 312 valence electrons. The van der Waals surface area contributed by atoms with Crippen molar-refractivity contribution in [3.8, 4) is 0 Å². The van der Waals surface area contributed by atoms with E-state index in [0.717, 1.165) is 6.07 Å². The van der Waals surface area contributed by atoms with Crippen LogP contribution in [0.3, 0.4) is 0 Å². The van der Waals surface area contributed by atoms with Gasteiger partial charge in [-0.15, -0.1) is 0 Å². The number of hydrogen-bond acceptors (Lipinski definition) is 8.